The van der Waals surface area contributed by atoms with Crippen molar-refractivity contribution in [1.29, 1.82) is 0 Å². The van der Waals surface area contributed by atoms with Crippen LogP contribution in [0.1, 0.15) is 24.0 Å². The first kappa shape index (κ1) is 30.0. The molecule has 1 N–H and O–H groups in total. The number of carbonyl (C=O) groups excluding carboxylic acids is 2. The second kappa shape index (κ2) is 14.0. The van der Waals surface area contributed by atoms with Crippen LogP contribution in [0.2, 0.25) is 5.02 Å². The summed E-state index contributed by atoms with van der Waals surface area (Å²) >= 11 is 6.23. The Kier molecular flexibility index (Phi) is 10.8. The zero-order valence-electron chi connectivity index (χ0n) is 22.3. The van der Waals surface area contributed by atoms with E-state index in [9.17, 15) is 18.0 Å². The highest BCUT2D eigenvalue weighted by atomic mass is 35.5. The summed E-state index contributed by atoms with van der Waals surface area (Å²) in [6, 6.07) is 23.0. The monoisotopic (exact) mass is 571 g/mol. The molecule has 1 atom stereocenters. The predicted octanol–water partition coefficient (Wildman–Crippen LogP) is 4.28. The van der Waals surface area contributed by atoms with Gasteiger partial charge in [0.1, 0.15) is 11.8 Å². The molecule has 0 aromatic heterocycles. The first-order valence-corrected chi connectivity index (χ1v) is 14.8. The predicted molar refractivity (Wildman–Crippen MR) is 154 cm³/mol. The Morgan fingerprint density at radius 2 is 1.59 bits per heavy atom. The van der Waals surface area contributed by atoms with E-state index >= 15 is 0 Å². The molecule has 0 radical (unpaired) electrons. The van der Waals surface area contributed by atoms with E-state index in [1.807, 2.05) is 60.7 Å². The molecule has 39 heavy (non-hydrogen) atoms. The Balaban J connectivity index is 1.83. The van der Waals surface area contributed by atoms with Crippen molar-refractivity contribution in [3.05, 3.63) is 95.0 Å². The van der Waals surface area contributed by atoms with E-state index in [4.69, 9.17) is 16.3 Å². The molecule has 1 unspecified atom stereocenters. The van der Waals surface area contributed by atoms with Crippen LogP contribution >= 0.6 is 11.6 Å². The van der Waals surface area contributed by atoms with E-state index in [-0.39, 0.29) is 42.8 Å². The molecule has 2 amide bonds. The molecule has 0 aliphatic heterocycles. The van der Waals surface area contributed by atoms with Gasteiger partial charge in [-0.25, -0.2) is 8.42 Å². The number of nitrogens with one attached hydrogen (secondary N) is 1. The molecule has 0 fully saturated rings. The molecule has 0 heterocycles. The molecule has 3 rings (SSSR count). The average Bonchev–Trinajstić information content (AvgIpc) is 2.93. The molecule has 8 nitrogen and oxygen atoms in total. The smallest absolute Gasteiger partial charge is 0.242 e. The lowest BCUT2D eigenvalue weighted by atomic mass is 10.0. The van der Waals surface area contributed by atoms with Gasteiger partial charge in [-0.05, 0) is 35.7 Å². The van der Waals surface area contributed by atoms with Crippen LogP contribution in [0.4, 0.5) is 5.69 Å². The molecule has 0 aliphatic carbocycles. The fourth-order valence-electron chi connectivity index (χ4n) is 4.32. The number of sulfonamides is 1. The molecule has 0 saturated carbocycles. The van der Waals surface area contributed by atoms with Gasteiger partial charge in [-0.3, -0.25) is 13.9 Å². The Bertz CT molecular complexity index is 1350. The fraction of sp³-hybridized carbons (Fsp3) is 0.310. The molecular weight excluding hydrogens is 538 g/mol. The van der Waals surface area contributed by atoms with Crippen LogP contribution in [0, 0.1) is 0 Å². The minimum absolute atomic E-state index is 0.0467. The maximum atomic E-state index is 13.6. The maximum absolute atomic E-state index is 13.6. The number of carbonyl (C=O) groups is 2. The van der Waals surface area contributed by atoms with Crippen molar-refractivity contribution in [1.82, 2.24) is 10.2 Å². The van der Waals surface area contributed by atoms with E-state index in [0.717, 1.165) is 17.4 Å². The van der Waals surface area contributed by atoms with Gasteiger partial charge in [0.15, 0.2) is 0 Å². The van der Waals surface area contributed by atoms with Gasteiger partial charge in [0.05, 0.1) is 24.1 Å². The third-order valence-electron chi connectivity index (χ3n) is 6.29. The lowest BCUT2D eigenvalue weighted by molar-refractivity contribution is -0.141. The number of likely N-dealkylation sites (N-methyl/N-ethyl adjacent to an activating group) is 1. The van der Waals surface area contributed by atoms with Crippen LogP contribution in [0.15, 0.2) is 78.9 Å². The molecule has 10 heteroatoms. The van der Waals surface area contributed by atoms with Crippen LogP contribution in [0.3, 0.4) is 0 Å². The molecule has 0 aliphatic rings. The van der Waals surface area contributed by atoms with Crippen molar-refractivity contribution < 1.29 is 22.7 Å². The van der Waals surface area contributed by atoms with Crippen LogP contribution in [0.5, 0.6) is 5.75 Å². The van der Waals surface area contributed by atoms with E-state index < -0.39 is 16.1 Å². The Morgan fingerprint density at radius 1 is 0.974 bits per heavy atom. The highest BCUT2D eigenvalue weighted by Crippen LogP contribution is 2.30. The van der Waals surface area contributed by atoms with Gasteiger partial charge in [0.2, 0.25) is 21.8 Å². The van der Waals surface area contributed by atoms with Gasteiger partial charge in [0.25, 0.3) is 0 Å². The average molecular weight is 572 g/mol. The fourth-order valence-corrected chi connectivity index (χ4v) is 5.52. The molecule has 0 saturated heterocycles. The van der Waals surface area contributed by atoms with Gasteiger partial charge in [-0.1, -0.05) is 72.3 Å². The maximum Gasteiger partial charge on any atom is 0.242 e. The van der Waals surface area contributed by atoms with Gasteiger partial charge in [-0.2, -0.15) is 0 Å². The SMILES string of the molecule is CNC(=O)C(Cc1ccccc1)N(Cc1ccccc1)C(=O)CCCN(c1ccc(OC)c(Cl)c1)S(C)(=O)=O. The number of anilines is 1. The quantitative estimate of drug-likeness (QED) is 0.330. The van der Waals surface area contributed by atoms with Crippen molar-refractivity contribution in [3.63, 3.8) is 0 Å². The summed E-state index contributed by atoms with van der Waals surface area (Å²) in [6.45, 7) is 0.310. The van der Waals surface area contributed by atoms with Gasteiger partial charge in [0, 0.05) is 33.0 Å². The number of amides is 2. The molecule has 3 aromatic carbocycles. The summed E-state index contributed by atoms with van der Waals surface area (Å²) in [5.74, 6) is -0.0855. The highest BCUT2D eigenvalue weighted by Gasteiger charge is 2.30. The minimum Gasteiger partial charge on any atom is -0.495 e. The first-order valence-electron chi connectivity index (χ1n) is 12.5. The van der Waals surface area contributed by atoms with Gasteiger partial charge in [-0.15, -0.1) is 0 Å². The number of hydrogen-bond acceptors (Lipinski definition) is 5. The lowest BCUT2D eigenvalue weighted by Crippen LogP contribution is -2.49. The standard InChI is InChI=1S/C29H34ClN3O5S/c1-31-29(35)26(19-22-11-6-4-7-12-22)32(21-23-13-8-5-9-14-23)28(34)15-10-18-33(39(3,36)37)24-16-17-27(38-2)25(30)20-24/h4-9,11-14,16-17,20,26H,10,15,18-19,21H2,1-3H3,(H,31,35). The van der Waals surface area contributed by atoms with Crippen molar-refractivity contribution in [3.8, 4) is 5.75 Å². The molecular formula is C29H34ClN3O5S. The summed E-state index contributed by atoms with van der Waals surface area (Å²) in [7, 11) is -0.621. The zero-order chi connectivity index (χ0) is 28.4. The third kappa shape index (κ3) is 8.46. The van der Waals surface area contributed by atoms with Crippen LogP contribution < -0.4 is 14.4 Å². The number of nitrogens with zero attached hydrogens (tertiary/aromatic N) is 2. The lowest BCUT2D eigenvalue weighted by Gasteiger charge is -2.31. The summed E-state index contributed by atoms with van der Waals surface area (Å²) in [4.78, 5) is 28.2. The van der Waals surface area contributed by atoms with Crippen LogP contribution in [-0.4, -0.2) is 58.1 Å². The topological polar surface area (TPSA) is 96.0 Å². The van der Waals surface area contributed by atoms with Crippen LogP contribution in [-0.2, 0) is 32.6 Å². The number of methoxy groups -OCH3 is 1. The highest BCUT2D eigenvalue weighted by molar-refractivity contribution is 7.92. The van der Waals surface area contributed by atoms with Crippen molar-refractivity contribution in [2.45, 2.75) is 31.8 Å². The van der Waals surface area contributed by atoms with Crippen molar-refractivity contribution >= 4 is 39.1 Å². The van der Waals surface area contributed by atoms with E-state index in [1.165, 1.54) is 17.5 Å². The number of hydrogen-bond donors (Lipinski definition) is 1. The number of benzene rings is 3. The van der Waals surface area contributed by atoms with E-state index in [2.05, 4.69) is 5.32 Å². The number of rotatable bonds is 13. The van der Waals surface area contributed by atoms with Gasteiger partial charge >= 0.3 is 0 Å². The first-order chi connectivity index (χ1) is 18.6. The largest absolute Gasteiger partial charge is 0.495 e. The minimum atomic E-state index is -3.65. The van der Waals surface area contributed by atoms with E-state index in [1.54, 1.807) is 24.1 Å². The Hall–Kier alpha value is -3.56. The second-order valence-corrected chi connectivity index (χ2v) is 11.4. The van der Waals surface area contributed by atoms with Crippen molar-refractivity contribution in [2.75, 3.05) is 31.3 Å². The molecule has 0 bridgehead atoms. The molecule has 3 aromatic rings. The summed E-state index contributed by atoms with van der Waals surface area (Å²) in [5, 5.41) is 2.97. The number of halogens is 1. The van der Waals surface area contributed by atoms with E-state index in [0.29, 0.717) is 17.9 Å². The summed E-state index contributed by atoms with van der Waals surface area (Å²) < 4.78 is 31.6. The van der Waals surface area contributed by atoms with Crippen molar-refractivity contribution in [2.24, 2.45) is 0 Å². The second-order valence-electron chi connectivity index (χ2n) is 9.08. The number of ether oxygens (including phenoxy) is 1. The van der Waals surface area contributed by atoms with Crippen LogP contribution in [0.25, 0.3) is 0 Å². The normalized spacial score (nSPS) is 11.9. The molecule has 0 spiro atoms. The Labute approximate surface area is 235 Å². The zero-order valence-corrected chi connectivity index (χ0v) is 23.9. The summed E-state index contributed by atoms with van der Waals surface area (Å²) in [6.07, 6.45) is 1.74. The molecule has 208 valence electrons. The third-order valence-corrected chi connectivity index (χ3v) is 7.78. The Morgan fingerprint density at radius 3 is 2.13 bits per heavy atom. The summed E-state index contributed by atoms with van der Waals surface area (Å²) in [5.41, 5.74) is 2.19. The van der Waals surface area contributed by atoms with Gasteiger partial charge < -0.3 is 15.0 Å².